The lowest BCUT2D eigenvalue weighted by molar-refractivity contribution is 0.0696. The van der Waals surface area contributed by atoms with Gasteiger partial charge in [-0.15, -0.1) is 0 Å². The zero-order valence-corrected chi connectivity index (χ0v) is 10.3. The Hall–Kier alpha value is -2.11. The number of rotatable bonds is 4. The number of methoxy groups -OCH3 is 1. The standard InChI is InChI=1S/C11H15N3O3/c1-7-9(11(15)16)8(13-6-14(2)3)5-12-10(7)17-4/h5-6H,1-4H3,(H,15,16). The van der Waals surface area contributed by atoms with Crippen molar-refractivity contribution in [3.05, 3.63) is 17.3 Å². The van der Waals surface area contributed by atoms with E-state index in [0.29, 0.717) is 17.1 Å². The highest BCUT2D eigenvalue weighted by atomic mass is 16.5. The molecule has 17 heavy (non-hydrogen) atoms. The summed E-state index contributed by atoms with van der Waals surface area (Å²) >= 11 is 0. The van der Waals surface area contributed by atoms with E-state index in [9.17, 15) is 4.79 Å². The Morgan fingerprint density at radius 2 is 2.24 bits per heavy atom. The first-order chi connectivity index (χ1) is 7.97. The summed E-state index contributed by atoms with van der Waals surface area (Å²) in [7, 11) is 5.05. The quantitative estimate of drug-likeness (QED) is 0.631. The van der Waals surface area contributed by atoms with Crippen molar-refractivity contribution in [1.29, 1.82) is 0 Å². The average Bonchev–Trinajstić information content (AvgIpc) is 2.25. The minimum atomic E-state index is -1.05. The lowest BCUT2D eigenvalue weighted by Gasteiger charge is -2.09. The molecule has 1 heterocycles. The Balaban J connectivity index is 3.31. The van der Waals surface area contributed by atoms with Crippen LogP contribution in [0.5, 0.6) is 5.88 Å². The first-order valence-electron chi connectivity index (χ1n) is 4.95. The van der Waals surface area contributed by atoms with Gasteiger partial charge >= 0.3 is 5.97 Å². The molecule has 0 saturated carbocycles. The van der Waals surface area contributed by atoms with Crippen LogP contribution in [0.25, 0.3) is 0 Å². The largest absolute Gasteiger partial charge is 0.481 e. The molecule has 0 aliphatic carbocycles. The van der Waals surface area contributed by atoms with Crippen molar-refractivity contribution in [2.75, 3.05) is 21.2 Å². The van der Waals surface area contributed by atoms with E-state index in [1.165, 1.54) is 19.6 Å². The summed E-state index contributed by atoms with van der Waals surface area (Å²) in [4.78, 5) is 21.0. The number of hydrogen-bond donors (Lipinski definition) is 1. The third-order valence-electron chi connectivity index (χ3n) is 2.09. The van der Waals surface area contributed by atoms with E-state index in [-0.39, 0.29) is 5.56 Å². The molecule has 1 aromatic heterocycles. The molecule has 1 aromatic rings. The minimum Gasteiger partial charge on any atom is -0.481 e. The maximum Gasteiger partial charge on any atom is 0.338 e. The summed E-state index contributed by atoms with van der Waals surface area (Å²) in [5.74, 6) is -0.750. The van der Waals surface area contributed by atoms with Gasteiger partial charge in [0.1, 0.15) is 0 Å². The Morgan fingerprint density at radius 1 is 1.59 bits per heavy atom. The molecular weight excluding hydrogens is 222 g/mol. The molecule has 0 unspecified atom stereocenters. The zero-order valence-electron chi connectivity index (χ0n) is 10.3. The van der Waals surface area contributed by atoms with Gasteiger partial charge in [0.05, 0.1) is 30.9 Å². The fraction of sp³-hybridized carbons (Fsp3) is 0.364. The number of aliphatic imine (C=N–C) groups is 1. The molecule has 6 nitrogen and oxygen atoms in total. The molecule has 1 rings (SSSR count). The van der Waals surface area contributed by atoms with E-state index in [1.54, 1.807) is 25.9 Å². The Bertz CT molecular complexity index is 456. The number of nitrogens with zero attached hydrogens (tertiary/aromatic N) is 3. The molecular formula is C11H15N3O3. The van der Waals surface area contributed by atoms with E-state index in [1.807, 2.05) is 0 Å². The van der Waals surface area contributed by atoms with Crippen molar-refractivity contribution >= 4 is 18.0 Å². The van der Waals surface area contributed by atoms with Gasteiger partial charge in [-0.1, -0.05) is 0 Å². The SMILES string of the molecule is COc1ncc(N=CN(C)C)c(C(=O)O)c1C. The van der Waals surface area contributed by atoms with Gasteiger partial charge in [0.25, 0.3) is 0 Å². The van der Waals surface area contributed by atoms with E-state index in [2.05, 4.69) is 9.98 Å². The van der Waals surface area contributed by atoms with Gasteiger partial charge in [-0.3, -0.25) is 0 Å². The summed E-state index contributed by atoms with van der Waals surface area (Å²) in [6, 6.07) is 0. The van der Waals surface area contributed by atoms with Crippen LogP contribution in [0.2, 0.25) is 0 Å². The van der Waals surface area contributed by atoms with Crippen LogP contribution >= 0.6 is 0 Å². The third-order valence-corrected chi connectivity index (χ3v) is 2.09. The van der Waals surface area contributed by atoms with Crippen LogP contribution in [-0.4, -0.2) is 48.5 Å². The molecule has 0 aliphatic rings. The third kappa shape index (κ3) is 2.93. The van der Waals surface area contributed by atoms with Crippen LogP contribution in [0.3, 0.4) is 0 Å². The topological polar surface area (TPSA) is 75.0 Å². The predicted molar refractivity (Wildman–Crippen MR) is 64.3 cm³/mol. The Morgan fingerprint density at radius 3 is 2.71 bits per heavy atom. The highest BCUT2D eigenvalue weighted by molar-refractivity contribution is 5.96. The number of carbonyl (C=O) groups is 1. The summed E-state index contributed by atoms with van der Waals surface area (Å²) in [5, 5.41) is 9.16. The van der Waals surface area contributed by atoms with Crippen LogP contribution in [0, 0.1) is 6.92 Å². The van der Waals surface area contributed by atoms with E-state index in [4.69, 9.17) is 9.84 Å². The van der Waals surface area contributed by atoms with Gasteiger partial charge in [-0.05, 0) is 6.92 Å². The van der Waals surface area contributed by atoms with Crippen LogP contribution in [0.1, 0.15) is 15.9 Å². The number of ether oxygens (including phenoxy) is 1. The van der Waals surface area contributed by atoms with Crippen molar-refractivity contribution in [3.8, 4) is 5.88 Å². The van der Waals surface area contributed by atoms with E-state index < -0.39 is 5.97 Å². The van der Waals surface area contributed by atoms with Crippen molar-refractivity contribution in [3.63, 3.8) is 0 Å². The van der Waals surface area contributed by atoms with Crippen molar-refractivity contribution < 1.29 is 14.6 Å². The number of pyridine rings is 1. The van der Waals surface area contributed by atoms with Crippen LogP contribution < -0.4 is 4.74 Å². The summed E-state index contributed by atoms with van der Waals surface area (Å²) < 4.78 is 4.98. The van der Waals surface area contributed by atoms with Crippen molar-refractivity contribution in [1.82, 2.24) is 9.88 Å². The number of hydrogen-bond acceptors (Lipinski definition) is 4. The highest BCUT2D eigenvalue weighted by Gasteiger charge is 2.17. The second kappa shape index (κ2) is 5.29. The lowest BCUT2D eigenvalue weighted by atomic mass is 10.1. The van der Waals surface area contributed by atoms with E-state index in [0.717, 1.165) is 0 Å². The first kappa shape index (κ1) is 13.0. The second-order valence-corrected chi connectivity index (χ2v) is 3.67. The molecule has 0 spiro atoms. The van der Waals surface area contributed by atoms with E-state index >= 15 is 0 Å². The summed E-state index contributed by atoms with van der Waals surface area (Å²) in [5.41, 5.74) is 0.882. The van der Waals surface area contributed by atoms with Gasteiger partial charge in [-0.2, -0.15) is 0 Å². The molecule has 0 aromatic carbocycles. The molecule has 0 aliphatic heterocycles. The summed E-state index contributed by atoms with van der Waals surface area (Å²) in [6.07, 6.45) is 2.91. The molecule has 0 bridgehead atoms. The lowest BCUT2D eigenvalue weighted by Crippen LogP contribution is -2.08. The average molecular weight is 237 g/mol. The monoisotopic (exact) mass is 237 g/mol. The fourth-order valence-corrected chi connectivity index (χ4v) is 1.33. The molecule has 0 radical (unpaired) electrons. The van der Waals surface area contributed by atoms with Crippen molar-refractivity contribution in [2.24, 2.45) is 4.99 Å². The first-order valence-corrected chi connectivity index (χ1v) is 4.95. The summed E-state index contributed by atoms with van der Waals surface area (Å²) in [6.45, 7) is 1.64. The Labute approximate surface area is 99.6 Å². The number of carboxylic acids is 1. The molecule has 1 N–H and O–H groups in total. The van der Waals surface area contributed by atoms with Gasteiger partial charge in [0.2, 0.25) is 5.88 Å². The van der Waals surface area contributed by atoms with Crippen LogP contribution in [0.15, 0.2) is 11.2 Å². The van der Waals surface area contributed by atoms with Gasteiger partial charge in [0, 0.05) is 19.7 Å². The van der Waals surface area contributed by atoms with Crippen LogP contribution in [-0.2, 0) is 0 Å². The highest BCUT2D eigenvalue weighted by Crippen LogP contribution is 2.27. The molecule has 0 atom stereocenters. The maximum atomic E-state index is 11.2. The zero-order chi connectivity index (χ0) is 13.0. The molecule has 6 heteroatoms. The second-order valence-electron chi connectivity index (χ2n) is 3.67. The molecule has 0 amide bonds. The van der Waals surface area contributed by atoms with Gasteiger partial charge < -0.3 is 14.7 Å². The minimum absolute atomic E-state index is 0.106. The predicted octanol–water partition coefficient (Wildman–Crippen LogP) is 1.32. The fourth-order valence-electron chi connectivity index (χ4n) is 1.33. The van der Waals surface area contributed by atoms with Crippen molar-refractivity contribution in [2.45, 2.75) is 6.92 Å². The number of carboxylic acid groups (broad SMARTS) is 1. The maximum absolute atomic E-state index is 11.2. The van der Waals surface area contributed by atoms with Gasteiger partial charge in [-0.25, -0.2) is 14.8 Å². The smallest absolute Gasteiger partial charge is 0.338 e. The van der Waals surface area contributed by atoms with Gasteiger partial charge in [0.15, 0.2) is 0 Å². The molecule has 92 valence electrons. The Kier molecular flexibility index (Phi) is 4.03. The number of aromatic carboxylic acids is 1. The van der Waals surface area contributed by atoms with Crippen LogP contribution in [0.4, 0.5) is 5.69 Å². The molecule has 0 saturated heterocycles. The normalized spacial score (nSPS) is 10.6. The molecule has 0 fully saturated rings. The number of aromatic nitrogens is 1.